The fourth-order valence-electron chi connectivity index (χ4n) is 2.95. The maximum atomic E-state index is 13.8. The van der Waals surface area contributed by atoms with E-state index in [-0.39, 0.29) is 12.5 Å². The Balaban J connectivity index is 2.77. The molecule has 1 aromatic carbocycles. The average molecular weight is 351 g/mol. The lowest BCUT2D eigenvalue weighted by atomic mass is 9.91. The zero-order valence-corrected chi connectivity index (χ0v) is 14.5. The van der Waals surface area contributed by atoms with Crippen LogP contribution in [-0.4, -0.2) is 13.3 Å². The molecule has 1 aromatic rings. The summed E-state index contributed by atoms with van der Waals surface area (Å²) in [7, 11) is 0. The van der Waals surface area contributed by atoms with Gasteiger partial charge < -0.3 is 4.90 Å². The highest BCUT2D eigenvalue weighted by Crippen LogP contribution is 2.28. The first kappa shape index (κ1) is 20.7. The standard InChI is InChI=1S/C18H26F5N/c1-4-6-13(5-2)8-7-12(3)10-24(11-19)15-9-14(20)16(21)18(23)17(15)22/h9,12-13H,4-8,10-11H2,1-3H3. The molecule has 0 radical (unpaired) electrons. The third-order valence-electron chi connectivity index (χ3n) is 4.44. The van der Waals surface area contributed by atoms with Gasteiger partial charge in [-0.25, -0.2) is 22.0 Å². The summed E-state index contributed by atoms with van der Waals surface area (Å²) in [6.07, 6.45) is 5.07. The molecular formula is C18H26F5N. The smallest absolute Gasteiger partial charge is 0.199 e. The molecule has 0 aliphatic carbocycles. The Morgan fingerprint density at radius 3 is 2.17 bits per heavy atom. The van der Waals surface area contributed by atoms with Crippen LogP contribution in [0.2, 0.25) is 0 Å². The molecule has 0 heterocycles. The predicted molar refractivity (Wildman–Crippen MR) is 86.7 cm³/mol. The third-order valence-corrected chi connectivity index (χ3v) is 4.44. The van der Waals surface area contributed by atoms with E-state index in [1.54, 1.807) is 0 Å². The van der Waals surface area contributed by atoms with Gasteiger partial charge in [-0.2, -0.15) is 0 Å². The van der Waals surface area contributed by atoms with E-state index >= 15 is 0 Å². The summed E-state index contributed by atoms with van der Waals surface area (Å²) in [5.41, 5.74) is -0.582. The summed E-state index contributed by atoms with van der Waals surface area (Å²) in [4.78, 5) is 0.909. The lowest BCUT2D eigenvalue weighted by molar-refractivity contribution is 0.362. The van der Waals surface area contributed by atoms with Crippen molar-refractivity contribution < 1.29 is 22.0 Å². The minimum Gasteiger partial charge on any atom is -0.342 e. The first-order valence-electron chi connectivity index (χ1n) is 8.49. The molecule has 0 bridgehead atoms. The second kappa shape index (κ2) is 9.84. The van der Waals surface area contributed by atoms with Gasteiger partial charge >= 0.3 is 0 Å². The van der Waals surface area contributed by atoms with Crippen LogP contribution in [0.1, 0.15) is 52.9 Å². The zero-order chi connectivity index (χ0) is 18.3. The van der Waals surface area contributed by atoms with E-state index in [1.165, 1.54) is 0 Å². The Bertz CT molecular complexity index is 521. The summed E-state index contributed by atoms with van der Waals surface area (Å²) in [6, 6.07) is 0.506. The van der Waals surface area contributed by atoms with Crippen LogP contribution in [0, 0.1) is 35.1 Å². The van der Waals surface area contributed by atoms with Crippen LogP contribution in [-0.2, 0) is 0 Å². The number of nitrogens with zero attached hydrogens (tertiary/aromatic N) is 1. The number of benzene rings is 1. The summed E-state index contributed by atoms with van der Waals surface area (Å²) >= 11 is 0. The molecule has 6 heteroatoms. The number of hydrogen-bond donors (Lipinski definition) is 0. The van der Waals surface area contributed by atoms with Gasteiger partial charge in [0.1, 0.15) is 0 Å². The van der Waals surface area contributed by atoms with Crippen molar-refractivity contribution in [2.45, 2.75) is 52.9 Å². The topological polar surface area (TPSA) is 3.24 Å². The second-order valence-electron chi connectivity index (χ2n) is 6.41. The van der Waals surface area contributed by atoms with Crippen molar-refractivity contribution in [1.29, 1.82) is 0 Å². The van der Waals surface area contributed by atoms with Crippen LogP contribution < -0.4 is 4.90 Å². The maximum Gasteiger partial charge on any atom is 0.199 e. The first-order valence-corrected chi connectivity index (χ1v) is 8.49. The van der Waals surface area contributed by atoms with Gasteiger partial charge in [0.05, 0.1) is 5.69 Å². The van der Waals surface area contributed by atoms with Gasteiger partial charge in [-0.1, -0.05) is 46.5 Å². The highest BCUT2D eigenvalue weighted by Gasteiger charge is 2.23. The monoisotopic (exact) mass is 351 g/mol. The van der Waals surface area contributed by atoms with Gasteiger partial charge in [-0.15, -0.1) is 0 Å². The Hall–Kier alpha value is -1.33. The molecule has 0 saturated carbocycles. The van der Waals surface area contributed by atoms with Crippen molar-refractivity contribution >= 4 is 5.69 Å². The predicted octanol–water partition coefficient (Wildman–Crippen LogP) is 6.22. The Morgan fingerprint density at radius 2 is 1.62 bits per heavy atom. The van der Waals surface area contributed by atoms with Crippen LogP contribution in [0.15, 0.2) is 6.07 Å². The quantitative estimate of drug-likeness (QED) is 0.209. The van der Waals surface area contributed by atoms with Gasteiger partial charge in [-0.05, 0) is 18.3 Å². The summed E-state index contributed by atoms with van der Waals surface area (Å²) in [5, 5.41) is 0. The molecule has 0 spiro atoms. The average Bonchev–Trinajstić information content (AvgIpc) is 2.57. The number of halogens is 5. The number of anilines is 1. The Kier molecular flexibility index (Phi) is 8.50. The van der Waals surface area contributed by atoms with Gasteiger partial charge in [0.2, 0.25) is 0 Å². The molecule has 1 rings (SSSR count). The van der Waals surface area contributed by atoms with Crippen LogP contribution in [0.3, 0.4) is 0 Å². The van der Waals surface area contributed by atoms with Crippen LogP contribution in [0.5, 0.6) is 0 Å². The highest BCUT2D eigenvalue weighted by molar-refractivity contribution is 5.48. The molecule has 0 fully saturated rings. The minimum atomic E-state index is -1.91. The molecule has 2 unspecified atom stereocenters. The van der Waals surface area contributed by atoms with E-state index in [9.17, 15) is 22.0 Å². The highest BCUT2D eigenvalue weighted by atomic mass is 19.2. The van der Waals surface area contributed by atoms with E-state index in [2.05, 4.69) is 13.8 Å². The van der Waals surface area contributed by atoms with E-state index in [0.717, 1.165) is 37.0 Å². The number of alkyl halides is 1. The second-order valence-corrected chi connectivity index (χ2v) is 6.41. The van der Waals surface area contributed by atoms with Crippen LogP contribution in [0.4, 0.5) is 27.6 Å². The number of hydrogen-bond acceptors (Lipinski definition) is 1. The van der Waals surface area contributed by atoms with E-state index in [0.29, 0.717) is 12.0 Å². The normalized spacial score (nSPS) is 13.8. The maximum absolute atomic E-state index is 13.8. The Morgan fingerprint density at radius 1 is 0.958 bits per heavy atom. The van der Waals surface area contributed by atoms with Gasteiger partial charge in [-0.3, -0.25) is 0 Å². The Labute approximate surface area is 140 Å². The van der Waals surface area contributed by atoms with E-state index in [4.69, 9.17) is 0 Å². The SMILES string of the molecule is CCCC(CC)CCC(C)CN(CF)c1cc(F)c(F)c(F)c1F. The zero-order valence-electron chi connectivity index (χ0n) is 14.5. The number of rotatable bonds is 10. The summed E-state index contributed by atoms with van der Waals surface area (Å²) in [6.45, 7) is 5.14. The van der Waals surface area contributed by atoms with E-state index < -0.39 is 35.8 Å². The van der Waals surface area contributed by atoms with Crippen molar-refractivity contribution in [3.05, 3.63) is 29.3 Å². The minimum absolute atomic E-state index is 0.0160. The summed E-state index contributed by atoms with van der Waals surface area (Å²) < 4.78 is 66.7. The molecule has 0 amide bonds. The fraction of sp³-hybridized carbons (Fsp3) is 0.667. The van der Waals surface area contributed by atoms with Crippen molar-refractivity contribution in [2.75, 3.05) is 18.2 Å². The van der Waals surface area contributed by atoms with Crippen molar-refractivity contribution in [3.63, 3.8) is 0 Å². The molecule has 0 aliphatic heterocycles. The van der Waals surface area contributed by atoms with Gasteiger partial charge in [0.15, 0.2) is 30.1 Å². The van der Waals surface area contributed by atoms with Crippen molar-refractivity contribution in [1.82, 2.24) is 0 Å². The molecule has 0 N–H and O–H groups in total. The van der Waals surface area contributed by atoms with Crippen LogP contribution in [0.25, 0.3) is 0 Å². The van der Waals surface area contributed by atoms with Gasteiger partial charge in [0, 0.05) is 12.6 Å². The van der Waals surface area contributed by atoms with E-state index in [1.807, 2.05) is 6.92 Å². The van der Waals surface area contributed by atoms with Crippen LogP contribution >= 0.6 is 0 Å². The lowest BCUT2D eigenvalue weighted by Gasteiger charge is -2.26. The molecule has 1 nitrogen and oxygen atoms in total. The fourth-order valence-corrected chi connectivity index (χ4v) is 2.95. The third kappa shape index (κ3) is 5.35. The first-order chi connectivity index (χ1) is 11.3. The molecule has 0 saturated heterocycles. The molecule has 2 atom stereocenters. The van der Waals surface area contributed by atoms with Crippen molar-refractivity contribution in [3.8, 4) is 0 Å². The molecule has 0 aliphatic rings. The largest absolute Gasteiger partial charge is 0.342 e. The molecular weight excluding hydrogens is 325 g/mol. The van der Waals surface area contributed by atoms with Crippen molar-refractivity contribution in [2.24, 2.45) is 11.8 Å². The molecule has 138 valence electrons. The molecule has 24 heavy (non-hydrogen) atoms. The molecule has 0 aromatic heterocycles. The lowest BCUT2D eigenvalue weighted by Crippen LogP contribution is -2.29. The van der Waals surface area contributed by atoms with Gasteiger partial charge in [0.25, 0.3) is 0 Å². The summed E-state index contributed by atoms with van der Waals surface area (Å²) in [5.74, 6) is -6.27.